The van der Waals surface area contributed by atoms with E-state index in [9.17, 15) is 5.11 Å². The van der Waals surface area contributed by atoms with Crippen LogP contribution in [0.15, 0.2) is 41.4 Å². The largest absolute Gasteiger partial charge is 0.493 e. The van der Waals surface area contributed by atoms with E-state index in [1.54, 1.807) is 6.08 Å². The molecule has 0 bridgehead atoms. The first kappa shape index (κ1) is 15.6. The van der Waals surface area contributed by atoms with E-state index in [0.29, 0.717) is 5.82 Å². The van der Waals surface area contributed by atoms with E-state index >= 15 is 0 Å². The summed E-state index contributed by atoms with van der Waals surface area (Å²) in [6, 6.07) is 9.81. The maximum absolute atomic E-state index is 10.5. The lowest BCUT2D eigenvalue weighted by Gasteiger charge is -2.02. The molecule has 0 fully saturated rings. The first-order chi connectivity index (χ1) is 10.7. The van der Waals surface area contributed by atoms with Crippen LogP contribution < -0.4 is 0 Å². The highest BCUT2D eigenvalue weighted by molar-refractivity contribution is 5.81. The summed E-state index contributed by atoms with van der Waals surface area (Å²) in [5.41, 5.74) is 2.57. The molecule has 2 aromatic rings. The van der Waals surface area contributed by atoms with Crippen molar-refractivity contribution in [3.8, 4) is 29.5 Å². The third-order valence-corrected chi connectivity index (χ3v) is 3.25. The van der Waals surface area contributed by atoms with E-state index in [4.69, 9.17) is 6.42 Å². The maximum atomic E-state index is 10.5. The minimum atomic E-state index is 0.114. The zero-order valence-corrected chi connectivity index (χ0v) is 12.8. The van der Waals surface area contributed by atoms with E-state index in [-0.39, 0.29) is 5.88 Å². The van der Waals surface area contributed by atoms with Crippen LogP contribution >= 0.6 is 0 Å². The van der Waals surface area contributed by atoms with Gasteiger partial charge < -0.3 is 5.11 Å². The zero-order chi connectivity index (χ0) is 15.9. The van der Waals surface area contributed by atoms with E-state index in [0.717, 1.165) is 29.7 Å². The number of hydrogen-bond acceptors (Lipinski definition) is 3. The molecule has 0 aliphatic rings. The number of hydrogen-bond donors (Lipinski definition) is 1. The van der Waals surface area contributed by atoms with Crippen LogP contribution in [0.4, 0.5) is 0 Å². The van der Waals surface area contributed by atoms with Gasteiger partial charge in [-0.1, -0.05) is 49.6 Å². The van der Waals surface area contributed by atoms with Crippen LogP contribution in [-0.4, -0.2) is 21.1 Å². The molecule has 0 atom stereocenters. The summed E-state index contributed by atoms with van der Waals surface area (Å²) in [7, 11) is 0. The van der Waals surface area contributed by atoms with Crippen molar-refractivity contribution in [2.45, 2.75) is 26.7 Å². The molecule has 1 aromatic carbocycles. The van der Waals surface area contributed by atoms with Crippen molar-refractivity contribution in [2.24, 2.45) is 4.99 Å². The number of aromatic hydroxyl groups is 1. The number of nitrogens with zero attached hydrogens (tertiary/aromatic N) is 3. The van der Waals surface area contributed by atoms with Crippen LogP contribution in [-0.2, 0) is 6.42 Å². The Hall–Kier alpha value is -2.80. The molecule has 0 unspecified atom stereocenters. The Bertz CT molecular complexity index is 734. The Labute approximate surface area is 130 Å². The quantitative estimate of drug-likeness (QED) is 0.674. The molecule has 0 saturated heterocycles. The molecule has 112 valence electrons. The smallest absolute Gasteiger partial charge is 0.219 e. The second-order valence-corrected chi connectivity index (χ2v) is 4.75. The standard InChI is InChI=1S/C18H19N3O/c1-4-10-15-17(14-11-8-7-9-12-14)20-21(18(15)22)16(6-3)19-13-5-2/h2,6-9,11-13,22H,4,10H2,1,3H3/b16-6+,19-13-. The molecule has 1 aromatic heterocycles. The predicted molar refractivity (Wildman–Crippen MR) is 90.6 cm³/mol. The summed E-state index contributed by atoms with van der Waals surface area (Å²) in [4.78, 5) is 4.14. The van der Waals surface area contributed by atoms with Crippen molar-refractivity contribution in [1.82, 2.24) is 9.78 Å². The third kappa shape index (κ3) is 3.09. The second-order valence-electron chi connectivity index (χ2n) is 4.75. The van der Waals surface area contributed by atoms with E-state index in [2.05, 4.69) is 22.9 Å². The summed E-state index contributed by atoms with van der Waals surface area (Å²) in [6.45, 7) is 3.89. The van der Waals surface area contributed by atoms with Gasteiger partial charge in [0.05, 0.1) is 11.9 Å². The first-order valence-electron chi connectivity index (χ1n) is 7.24. The first-order valence-corrected chi connectivity index (χ1v) is 7.24. The fourth-order valence-corrected chi connectivity index (χ4v) is 2.26. The van der Waals surface area contributed by atoms with Crippen LogP contribution in [0, 0.1) is 12.3 Å². The van der Waals surface area contributed by atoms with Gasteiger partial charge in [0, 0.05) is 11.1 Å². The molecular formula is C18H19N3O. The maximum Gasteiger partial charge on any atom is 0.219 e. The normalized spacial score (nSPS) is 11.8. The predicted octanol–water partition coefficient (Wildman–Crippen LogP) is 3.73. The highest BCUT2D eigenvalue weighted by atomic mass is 16.3. The van der Waals surface area contributed by atoms with Gasteiger partial charge in [-0.2, -0.15) is 9.78 Å². The Morgan fingerprint density at radius 2 is 2.14 bits per heavy atom. The minimum Gasteiger partial charge on any atom is -0.493 e. The molecule has 4 nitrogen and oxygen atoms in total. The summed E-state index contributed by atoms with van der Waals surface area (Å²) in [5, 5.41) is 15.1. The van der Waals surface area contributed by atoms with Crippen LogP contribution in [0.1, 0.15) is 25.8 Å². The molecule has 2 rings (SSSR count). The van der Waals surface area contributed by atoms with Crippen molar-refractivity contribution < 1.29 is 5.11 Å². The van der Waals surface area contributed by atoms with Crippen molar-refractivity contribution >= 4 is 12.0 Å². The number of rotatable bonds is 5. The van der Waals surface area contributed by atoms with Crippen molar-refractivity contribution in [3.63, 3.8) is 0 Å². The number of aliphatic imine (C=N–C) groups is 1. The molecule has 0 radical (unpaired) electrons. The average Bonchev–Trinajstić information content (AvgIpc) is 2.87. The van der Waals surface area contributed by atoms with Gasteiger partial charge in [0.25, 0.3) is 0 Å². The van der Waals surface area contributed by atoms with Gasteiger partial charge in [0.15, 0.2) is 5.82 Å². The molecule has 4 heteroatoms. The van der Waals surface area contributed by atoms with E-state index in [1.807, 2.05) is 37.3 Å². The van der Waals surface area contributed by atoms with Crippen LogP contribution in [0.3, 0.4) is 0 Å². The van der Waals surface area contributed by atoms with Gasteiger partial charge in [-0.15, -0.1) is 6.42 Å². The highest BCUT2D eigenvalue weighted by Crippen LogP contribution is 2.32. The molecule has 22 heavy (non-hydrogen) atoms. The molecule has 0 aliphatic carbocycles. The number of aromatic nitrogens is 2. The lowest BCUT2D eigenvalue weighted by atomic mass is 10.0. The second kappa shape index (κ2) is 7.28. The third-order valence-electron chi connectivity index (χ3n) is 3.25. The van der Waals surface area contributed by atoms with Crippen molar-refractivity contribution in [1.29, 1.82) is 0 Å². The SMILES string of the molecule is C#C/C=N\C(=C/C)n1nc(-c2ccccc2)c(CCC)c1O. The van der Waals surface area contributed by atoms with Crippen molar-refractivity contribution in [3.05, 3.63) is 42.0 Å². The Kier molecular flexibility index (Phi) is 5.16. The van der Waals surface area contributed by atoms with Crippen molar-refractivity contribution in [2.75, 3.05) is 0 Å². The van der Waals surface area contributed by atoms with Gasteiger partial charge in [-0.3, -0.25) is 0 Å². The fourth-order valence-electron chi connectivity index (χ4n) is 2.26. The average molecular weight is 293 g/mol. The van der Waals surface area contributed by atoms with Gasteiger partial charge >= 0.3 is 0 Å². The van der Waals surface area contributed by atoms with Crippen LogP contribution in [0.2, 0.25) is 0 Å². The van der Waals surface area contributed by atoms with Crippen LogP contribution in [0.25, 0.3) is 17.1 Å². The molecular weight excluding hydrogens is 274 g/mol. The monoisotopic (exact) mass is 293 g/mol. The van der Waals surface area contributed by atoms with Gasteiger partial charge in [0.2, 0.25) is 5.88 Å². The Morgan fingerprint density at radius 3 is 2.73 bits per heavy atom. The van der Waals surface area contributed by atoms with Gasteiger partial charge in [0.1, 0.15) is 0 Å². The summed E-state index contributed by atoms with van der Waals surface area (Å²) < 4.78 is 1.43. The number of allylic oxidation sites excluding steroid dienone is 1. The van der Waals surface area contributed by atoms with Crippen LogP contribution in [0.5, 0.6) is 5.88 Å². The fraction of sp³-hybridized carbons (Fsp3) is 0.222. The zero-order valence-electron chi connectivity index (χ0n) is 12.8. The highest BCUT2D eigenvalue weighted by Gasteiger charge is 2.19. The number of benzene rings is 1. The topological polar surface area (TPSA) is 50.4 Å². The molecule has 0 saturated carbocycles. The Morgan fingerprint density at radius 1 is 1.41 bits per heavy atom. The molecule has 1 heterocycles. The summed E-state index contributed by atoms with van der Waals surface area (Å²) in [6.07, 6.45) is 9.96. The summed E-state index contributed by atoms with van der Waals surface area (Å²) >= 11 is 0. The lowest BCUT2D eigenvalue weighted by Crippen LogP contribution is -1.97. The minimum absolute atomic E-state index is 0.114. The molecule has 0 spiro atoms. The molecule has 1 N–H and O–H groups in total. The Balaban J connectivity index is 2.59. The summed E-state index contributed by atoms with van der Waals surface area (Å²) in [5.74, 6) is 2.95. The molecule has 0 aliphatic heterocycles. The van der Waals surface area contributed by atoms with E-state index in [1.165, 1.54) is 10.9 Å². The van der Waals surface area contributed by atoms with Gasteiger partial charge in [-0.05, 0) is 19.4 Å². The molecule has 0 amide bonds. The lowest BCUT2D eigenvalue weighted by molar-refractivity contribution is 0.429. The van der Waals surface area contributed by atoms with E-state index < -0.39 is 0 Å². The van der Waals surface area contributed by atoms with Gasteiger partial charge in [-0.25, -0.2) is 4.99 Å². The number of terminal acetylenes is 1.